The van der Waals surface area contributed by atoms with Gasteiger partial charge in [-0.25, -0.2) is 9.37 Å². The van der Waals surface area contributed by atoms with Gasteiger partial charge in [-0.1, -0.05) is 54.1 Å². The van der Waals surface area contributed by atoms with Gasteiger partial charge in [0.1, 0.15) is 23.1 Å². The number of nitrogens with zero attached hydrogens (tertiary/aromatic N) is 4. The first-order valence-electron chi connectivity index (χ1n) is 13.6. The minimum absolute atomic E-state index is 0.0682. The van der Waals surface area contributed by atoms with E-state index >= 15 is 0 Å². The first-order chi connectivity index (χ1) is 20.1. The van der Waals surface area contributed by atoms with Crippen LogP contribution in [-0.2, 0) is 41.9 Å². The SMILES string of the molecule is CN(CCC(=O)NC=O)c1cnc(-c2ccc3c(c2)CN(Cc2ccc(C(C)(O)c4c(F)cccc4Cl)cc2)C3)n1C. The van der Waals surface area contributed by atoms with Crippen molar-refractivity contribution in [3.05, 3.63) is 106 Å². The molecule has 10 heteroatoms. The van der Waals surface area contributed by atoms with Crippen LogP contribution >= 0.6 is 11.6 Å². The maximum Gasteiger partial charge on any atom is 0.228 e. The van der Waals surface area contributed by atoms with Crippen molar-refractivity contribution in [1.82, 2.24) is 19.8 Å². The number of imidazole rings is 1. The fourth-order valence-electron chi connectivity index (χ4n) is 5.56. The molecule has 5 rings (SSSR count). The fraction of sp³-hybridized carbons (Fsp3) is 0.281. The van der Waals surface area contributed by atoms with Crippen LogP contribution < -0.4 is 10.2 Å². The molecule has 1 unspecified atom stereocenters. The second kappa shape index (κ2) is 12.1. The van der Waals surface area contributed by atoms with Gasteiger partial charge in [0.25, 0.3) is 0 Å². The lowest BCUT2D eigenvalue weighted by Crippen LogP contribution is -2.28. The number of amides is 2. The molecule has 2 heterocycles. The molecule has 1 aliphatic heterocycles. The van der Waals surface area contributed by atoms with Crippen LogP contribution in [0, 0.1) is 5.82 Å². The Morgan fingerprint density at radius 2 is 1.90 bits per heavy atom. The quantitative estimate of drug-likeness (QED) is 0.260. The molecule has 0 saturated carbocycles. The average molecular weight is 590 g/mol. The molecule has 8 nitrogen and oxygen atoms in total. The highest BCUT2D eigenvalue weighted by atomic mass is 35.5. The highest BCUT2D eigenvalue weighted by molar-refractivity contribution is 6.31. The van der Waals surface area contributed by atoms with Gasteiger partial charge < -0.3 is 14.6 Å². The van der Waals surface area contributed by atoms with E-state index < -0.39 is 11.4 Å². The van der Waals surface area contributed by atoms with Crippen molar-refractivity contribution in [3.8, 4) is 11.4 Å². The van der Waals surface area contributed by atoms with Crippen molar-refractivity contribution >= 4 is 29.7 Å². The lowest BCUT2D eigenvalue weighted by molar-refractivity contribution is -0.125. The van der Waals surface area contributed by atoms with Crippen molar-refractivity contribution in [2.75, 3.05) is 18.5 Å². The van der Waals surface area contributed by atoms with E-state index in [4.69, 9.17) is 11.6 Å². The van der Waals surface area contributed by atoms with Crippen LogP contribution in [0.3, 0.4) is 0 Å². The van der Waals surface area contributed by atoms with Crippen LogP contribution in [0.1, 0.15) is 41.2 Å². The number of aliphatic hydroxyl groups is 1. The van der Waals surface area contributed by atoms with E-state index in [9.17, 15) is 19.1 Å². The zero-order chi connectivity index (χ0) is 30.0. The van der Waals surface area contributed by atoms with E-state index in [1.807, 2.05) is 47.8 Å². The van der Waals surface area contributed by atoms with Gasteiger partial charge in [0, 0.05) is 62.8 Å². The number of halogens is 2. The molecule has 0 aliphatic carbocycles. The number of fused-ring (bicyclic) bond motifs is 1. The van der Waals surface area contributed by atoms with Gasteiger partial charge in [-0.3, -0.25) is 19.8 Å². The Morgan fingerprint density at radius 3 is 2.62 bits per heavy atom. The van der Waals surface area contributed by atoms with Gasteiger partial charge in [-0.2, -0.15) is 0 Å². The van der Waals surface area contributed by atoms with Gasteiger partial charge >= 0.3 is 0 Å². The summed E-state index contributed by atoms with van der Waals surface area (Å²) in [6, 6.07) is 18.4. The number of benzene rings is 3. The van der Waals surface area contributed by atoms with Gasteiger partial charge in [0.05, 0.1) is 6.20 Å². The molecule has 1 aliphatic rings. The number of aromatic nitrogens is 2. The largest absolute Gasteiger partial charge is 0.381 e. The Hall–Kier alpha value is -4.05. The Balaban J connectivity index is 1.25. The molecule has 0 radical (unpaired) electrons. The zero-order valence-electron chi connectivity index (χ0n) is 23.8. The van der Waals surface area contributed by atoms with Crippen LogP contribution in [0.4, 0.5) is 10.2 Å². The third kappa shape index (κ3) is 5.94. The lowest BCUT2D eigenvalue weighted by Gasteiger charge is -2.26. The molecule has 3 aromatic carbocycles. The van der Waals surface area contributed by atoms with Crippen LogP contribution in [0.15, 0.2) is 66.9 Å². The second-order valence-electron chi connectivity index (χ2n) is 10.9. The molecule has 1 aromatic heterocycles. The molecule has 2 N–H and O–H groups in total. The maximum atomic E-state index is 14.5. The van der Waals surface area contributed by atoms with Crippen LogP contribution in [0.2, 0.25) is 5.02 Å². The Morgan fingerprint density at radius 1 is 1.17 bits per heavy atom. The Bertz CT molecular complexity index is 1600. The van der Waals surface area contributed by atoms with Crippen molar-refractivity contribution in [2.24, 2.45) is 7.05 Å². The highest BCUT2D eigenvalue weighted by Gasteiger charge is 2.31. The smallest absolute Gasteiger partial charge is 0.228 e. The molecule has 0 spiro atoms. The predicted octanol–water partition coefficient (Wildman–Crippen LogP) is 4.75. The lowest BCUT2D eigenvalue weighted by atomic mass is 9.87. The number of carbonyl (C=O) groups is 2. The number of hydrogen-bond acceptors (Lipinski definition) is 6. The maximum absolute atomic E-state index is 14.5. The summed E-state index contributed by atoms with van der Waals surface area (Å²) in [5.74, 6) is 0.830. The van der Waals surface area contributed by atoms with Gasteiger partial charge in [-0.05, 0) is 47.4 Å². The number of hydrogen-bond donors (Lipinski definition) is 2. The molecule has 0 bridgehead atoms. The average Bonchev–Trinajstić information content (AvgIpc) is 3.54. The van der Waals surface area contributed by atoms with E-state index in [-0.39, 0.29) is 22.9 Å². The minimum Gasteiger partial charge on any atom is -0.381 e. The summed E-state index contributed by atoms with van der Waals surface area (Å²) in [6.07, 6.45) is 2.38. The molecular formula is C32H33ClFN5O3. The van der Waals surface area contributed by atoms with E-state index in [0.29, 0.717) is 18.5 Å². The van der Waals surface area contributed by atoms with E-state index in [0.717, 1.165) is 42.4 Å². The fourth-order valence-corrected chi connectivity index (χ4v) is 5.91. The third-order valence-electron chi connectivity index (χ3n) is 7.87. The molecule has 2 amide bonds. The first-order valence-corrected chi connectivity index (χ1v) is 14.0. The van der Waals surface area contributed by atoms with Crippen LogP contribution in [0.5, 0.6) is 0 Å². The molecule has 1 atom stereocenters. The topological polar surface area (TPSA) is 90.7 Å². The molecule has 218 valence electrons. The number of carbonyl (C=O) groups excluding carboxylic acids is 2. The summed E-state index contributed by atoms with van der Waals surface area (Å²) in [7, 11) is 3.83. The summed E-state index contributed by atoms with van der Waals surface area (Å²) in [6.45, 7) is 4.33. The molecule has 4 aromatic rings. The molecule has 42 heavy (non-hydrogen) atoms. The van der Waals surface area contributed by atoms with Crippen LogP contribution in [0.25, 0.3) is 11.4 Å². The Labute approximate surface area is 249 Å². The van der Waals surface area contributed by atoms with E-state index in [1.54, 1.807) is 19.2 Å². The van der Waals surface area contributed by atoms with E-state index in [2.05, 4.69) is 33.4 Å². The summed E-state index contributed by atoms with van der Waals surface area (Å²) >= 11 is 6.22. The standard InChI is InChI=1S/C32H33ClFN5O3/c1-32(42,30-26(33)5-4-6-27(30)34)25-11-7-21(8-12-25)17-39-18-23-10-9-22(15-24(23)19-39)31-35-16-29(38(31)3)37(2)14-13-28(41)36-20-40/h4-12,15-16,20,42H,13-14,17-19H2,1-3H3,(H,36,40,41). The van der Waals surface area contributed by atoms with Gasteiger partial charge in [-0.15, -0.1) is 0 Å². The summed E-state index contributed by atoms with van der Waals surface area (Å²) in [5, 5.41) is 13.5. The number of nitrogens with one attached hydrogen (secondary N) is 1. The molecular weight excluding hydrogens is 557 g/mol. The zero-order valence-corrected chi connectivity index (χ0v) is 24.5. The second-order valence-corrected chi connectivity index (χ2v) is 11.3. The highest BCUT2D eigenvalue weighted by Crippen LogP contribution is 2.36. The van der Waals surface area contributed by atoms with E-state index in [1.165, 1.54) is 23.3 Å². The first kappa shape index (κ1) is 29.4. The van der Waals surface area contributed by atoms with Crippen molar-refractivity contribution < 1.29 is 19.1 Å². The minimum atomic E-state index is -1.56. The molecule has 0 saturated heterocycles. The van der Waals surface area contributed by atoms with Crippen LogP contribution in [-0.4, -0.2) is 45.5 Å². The molecule has 0 fully saturated rings. The van der Waals surface area contributed by atoms with Crippen molar-refractivity contribution in [2.45, 2.75) is 38.6 Å². The number of imide groups is 1. The van der Waals surface area contributed by atoms with Gasteiger partial charge in [0.2, 0.25) is 12.3 Å². The summed E-state index contributed by atoms with van der Waals surface area (Å²) in [5.41, 5.74) is 3.67. The van der Waals surface area contributed by atoms with Gasteiger partial charge in [0.15, 0.2) is 0 Å². The number of rotatable bonds is 10. The van der Waals surface area contributed by atoms with Crippen molar-refractivity contribution in [3.63, 3.8) is 0 Å². The summed E-state index contributed by atoms with van der Waals surface area (Å²) < 4.78 is 16.5. The predicted molar refractivity (Wildman–Crippen MR) is 160 cm³/mol. The third-order valence-corrected chi connectivity index (χ3v) is 8.19. The Kier molecular flexibility index (Phi) is 8.45. The van der Waals surface area contributed by atoms with Crippen molar-refractivity contribution in [1.29, 1.82) is 0 Å². The number of anilines is 1. The summed E-state index contributed by atoms with van der Waals surface area (Å²) in [4.78, 5) is 31.0. The monoisotopic (exact) mass is 589 g/mol. The normalized spacial score (nSPS) is 14.3.